The number of likely N-dealkylation sites (tertiary alicyclic amines) is 1. The van der Waals surface area contributed by atoms with Crippen LogP contribution in [0.25, 0.3) is 5.69 Å². The monoisotopic (exact) mass is 426 g/mol. The molecule has 1 N–H and O–H groups in total. The molecule has 1 aliphatic heterocycles. The number of hydrogen-bond acceptors (Lipinski definition) is 4. The molecule has 2 fully saturated rings. The molecule has 2 aliphatic rings. The summed E-state index contributed by atoms with van der Waals surface area (Å²) in [5, 5.41) is 7.25. The molecular weight excluding hydrogens is 395 g/mol. The number of carbonyl (C=O) groups excluding carboxylic acids is 1. The van der Waals surface area contributed by atoms with Crippen molar-refractivity contribution in [1.82, 2.24) is 20.0 Å². The highest BCUT2D eigenvalue weighted by molar-refractivity contribution is 5.92. The summed E-state index contributed by atoms with van der Waals surface area (Å²) in [6, 6.07) is 7.54. The van der Waals surface area contributed by atoms with Gasteiger partial charge in [-0.25, -0.2) is 9.07 Å². The van der Waals surface area contributed by atoms with Crippen molar-refractivity contribution in [3.05, 3.63) is 57.8 Å². The molecule has 1 amide bonds. The number of benzene rings is 1. The molecule has 2 aromatic rings. The molecule has 1 saturated carbocycles. The first-order valence-electron chi connectivity index (χ1n) is 11.4. The van der Waals surface area contributed by atoms with Crippen molar-refractivity contribution >= 4 is 5.91 Å². The van der Waals surface area contributed by atoms with Gasteiger partial charge in [0.2, 0.25) is 5.43 Å². The molecular formula is C24H31FN4O2. The fraction of sp³-hybridized carbons (Fsp3) is 0.542. The van der Waals surface area contributed by atoms with Gasteiger partial charge in [-0.15, -0.1) is 0 Å². The summed E-state index contributed by atoms with van der Waals surface area (Å²) in [6.07, 6.45) is 9.34. The number of nitrogens with one attached hydrogen (secondary N) is 1. The highest BCUT2D eigenvalue weighted by atomic mass is 19.1. The lowest BCUT2D eigenvalue weighted by Crippen LogP contribution is -2.58. The second-order valence-electron chi connectivity index (χ2n) is 8.88. The van der Waals surface area contributed by atoms with E-state index in [-0.39, 0.29) is 16.9 Å². The third kappa shape index (κ3) is 4.56. The van der Waals surface area contributed by atoms with E-state index in [2.05, 4.69) is 15.3 Å². The van der Waals surface area contributed by atoms with Crippen molar-refractivity contribution in [2.24, 2.45) is 0 Å². The number of para-hydroxylation sites is 1. The minimum absolute atomic E-state index is 0.0381. The number of aromatic nitrogens is 2. The minimum Gasteiger partial charge on any atom is -0.349 e. The lowest BCUT2D eigenvalue weighted by Gasteiger charge is -2.48. The highest BCUT2D eigenvalue weighted by Gasteiger charge is 2.38. The molecule has 1 aliphatic carbocycles. The first-order valence-corrected chi connectivity index (χ1v) is 11.4. The number of piperidine rings is 1. The number of hydrogen-bond donors (Lipinski definition) is 1. The average Bonchev–Trinajstić information content (AvgIpc) is 2.79. The Morgan fingerprint density at radius 2 is 1.77 bits per heavy atom. The molecule has 0 radical (unpaired) electrons. The van der Waals surface area contributed by atoms with Crippen LogP contribution in [-0.4, -0.2) is 45.8 Å². The Morgan fingerprint density at radius 3 is 2.48 bits per heavy atom. The maximum atomic E-state index is 14.3. The summed E-state index contributed by atoms with van der Waals surface area (Å²) in [7, 11) is 0. The van der Waals surface area contributed by atoms with E-state index in [1.54, 1.807) is 25.1 Å². The zero-order chi connectivity index (χ0) is 21.8. The molecule has 6 nitrogen and oxygen atoms in total. The standard InChI is InChI=1S/C24H31FN4O2/c1-18-16-21(30)22(27-29(18)20-11-5-4-10-19(20)25)23(31)26-17-24(12-6-2-7-13-24)28-14-8-3-9-15-28/h4-5,10-11,16H,2-3,6-9,12-15,17H2,1H3,(H,26,31). The Balaban J connectivity index is 1.57. The van der Waals surface area contributed by atoms with Gasteiger partial charge in [-0.1, -0.05) is 37.8 Å². The summed E-state index contributed by atoms with van der Waals surface area (Å²) in [4.78, 5) is 28.1. The van der Waals surface area contributed by atoms with Crippen LogP contribution in [0.2, 0.25) is 0 Å². The molecule has 1 saturated heterocycles. The van der Waals surface area contributed by atoms with Crippen molar-refractivity contribution in [3.8, 4) is 5.69 Å². The van der Waals surface area contributed by atoms with E-state index in [0.717, 1.165) is 38.8 Å². The van der Waals surface area contributed by atoms with Crippen molar-refractivity contribution in [1.29, 1.82) is 0 Å². The predicted octanol–water partition coefficient (Wildman–Crippen LogP) is 3.60. The van der Waals surface area contributed by atoms with Gasteiger partial charge in [-0.05, 0) is 57.8 Å². The summed E-state index contributed by atoms with van der Waals surface area (Å²) in [5.41, 5.74) is 0.00962. The molecule has 0 atom stereocenters. The molecule has 1 aromatic carbocycles. The second kappa shape index (κ2) is 9.30. The quantitative estimate of drug-likeness (QED) is 0.793. The fourth-order valence-corrected chi connectivity index (χ4v) is 5.08. The van der Waals surface area contributed by atoms with Gasteiger partial charge in [-0.3, -0.25) is 14.5 Å². The number of aryl methyl sites for hydroxylation is 1. The first kappa shape index (κ1) is 21.7. The van der Waals surface area contributed by atoms with Crippen LogP contribution >= 0.6 is 0 Å². The van der Waals surface area contributed by atoms with E-state index in [1.807, 2.05) is 0 Å². The van der Waals surface area contributed by atoms with E-state index >= 15 is 0 Å². The summed E-state index contributed by atoms with van der Waals surface area (Å²) in [6.45, 7) is 4.33. The summed E-state index contributed by atoms with van der Waals surface area (Å²) < 4.78 is 15.6. The van der Waals surface area contributed by atoms with Crippen LogP contribution in [0.4, 0.5) is 4.39 Å². The number of halogens is 1. The summed E-state index contributed by atoms with van der Waals surface area (Å²) in [5.74, 6) is -0.948. The van der Waals surface area contributed by atoms with E-state index in [4.69, 9.17) is 0 Å². The Bertz CT molecular complexity index is 991. The molecule has 0 bridgehead atoms. The van der Waals surface area contributed by atoms with Crippen LogP contribution in [0, 0.1) is 12.7 Å². The van der Waals surface area contributed by atoms with E-state index in [0.29, 0.717) is 12.2 Å². The van der Waals surface area contributed by atoms with Crippen LogP contribution in [0.3, 0.4) is 0 Å². The third-order valence-corrected chi connectivity index (χ3v) is 6.79. The maximum Gasteiger partial charge on any atom is 0.275 e. The molecule has 0 spiro atoms. The van der Waals surface area contributed by atoms with Crippen molar-refractivity contribution in [2.75, 3.05) is 19.6 Å². The lowest BCUT2D eigenvalue weighted by molar-refractivity contribution is 0.0325. The number of carbonyl (C=O) groups is 1. The van der Waals surface area contributed by atoms with Gasteiger partial charge in [0.25, 0.3) is 5.91 Å². The molecule has 4 rings (SSSR count). The van der Waals surface area contributed by atoms with E-state index in [1.165, 1.54) is 42.5 Å². The number of rotatable bonds is 5. The molecule has 1 aromatic heterocycles. The second-order valence-corrected chi connectivity index (χ2v) is 8.88. The van der Waals surface area contributed by atoms with Crippen LogP contribution < -0.4 is 10.7 Å². The van der Waals surface area contributed by atoms with Gasteiger partial charge < -0.3 is 5.32 Å². The maximum absolute atomic E-state index is 14.3. The lowest BCUT2D eigenvalue weighted by atomic mass is 9.79. The van der Waals surface area contributed by atoms with Gasteiger partial charge in [0.05, 0.1) is 0 Å². The van der Waals surface area contributed by atoms with Crippen LogP contribution in [0.1, 0.15) is 67.5 Å². The molecule has 31 heavy (non-hydrogen) atoms. The fourth-order valence-electron chi connectivity index (χ4n) is 5.08. The number of amides is 1. The largest absolute Gasteiger partial charge is 0.349 e. The van der Waals surface area contributed by atoms with E-state index in [9.17, 15) is 14.0 Å². The van der Waals surface area contributed by atoms with Gasteiger partial charge in [0.1, 0.15) is 11.5 Å². The Kier molecular flexibility index (Phi) is 6.51. The molecule has 7 heteroatoms. The van der Waals surface area contributed by atoms with Crippen molar-refractivity contribution < 1.29 is 9.18 Å². The topological polar surface area (TPSA) is 67.2 Å². The normalized spacial score (nSPS) is 19.2. The zero-order valence-corrected chi connectivity index (χ0v) is 18.2. The Hall–Kier alpha value is -2.54. The van der Waals surface area contributed by atoms with Gasteiger partial charge in [0, 0.05) is 23.8 Å². The molecule has 2 heterocycles. The Morgan fingerprint density at radius 1 is 1.10 bits per heavy atom. The SMILES string of the molecule is Cc1cc(=O)c(C(=O)NCC2(N3CCCCC3)CCCCC2)nn1-c1ccccc1F. The van der Waals surface area contributed by atoms with Gasteiger partial charge >= 0.3 is 0 Å². The predicted molar refractivity (Wildman–Crippen MR) is 118 cm³/mol. The summed E-state index contributed by atoms with van der Waals surface area (Å²) >= 11 is 0. The zero-order valence-electron chi connectivity index (χ0n) is 18.2. The minimum atomic E-state index is -0.489. The first-order chi connectivity index (χ1) is 15.0. The van der Waals surface area contributed by atoms with Crippen molar-refractivity contribution in [2.45, 2.75) is 63.8 Å². The number of nitrogens with zero attached hydrogens (tertiary/aromatic N) is 3. The third-order valence-electron chi connectivity index (χ3n) is 6.79. The van der Waals surface area contributed by atoms with Gasteiger partial charge in [-0.2, -0.15) is 5.10 Å². The Labute approximate surface area is 182 Å². The van der Waals surface area contributed by atoms with Crippen LogP contribution in [0.5, 0.6) is 0 Å². The average molecular weight is 427 g/mol. The van der Waals surface area contributed by atoms with E-state index < -0.39 is 17.2 Å². The van der Waals surface area contributed by atoms with Crippen LogP contribution in [-0.2, 0) is 0 Å². The van der Waals surface area contributed by atoms with Crippen LogP contribution in [0.15, 0.2) is 35.1 Å². The smallest absolute Gasteiger partial charge is 0.275 e. The highest BCUT2D eigenvalue weighted by Crippen LogP contribution is 2.35. The molecule has 166 valence electrons. The van der Waals surface area contributed by atoms with Gasteiger partial charge in [0.15, 0.2) is 5.69 Å². The molecule has 0 unspecified atom stereocenters. The van der Waals surface area contributed by atoms with Crippen molar-refractivity contribution in [3.63, 3.8) is 0 Å².